The number of nitrogens with zero attached hydrogens (tertiary/aromatic N) is 6. The van der Waals surface area contributed by atoms with Crippen molar-refractivity contribution in [2.24, 2.45) is 0 Å². The van der Waals surface area contributed by atoms with Gasteiger partial charge in [0.15, 0.2) is 5.65 Å². The van der Waals surface area contributed by atoms with Gasteiger partial charge in [-0.2, -0.15) is 9.50 Å². The second-order valence-electron chi connectivity index (χ2n) is 2.40. The Kier molecular flexibility index (Phi) is 1.10. The van der Waals surface area contributed by atoms with E-state index < -0.39 is 0 Å². The van der Waals surface area contributed by atoms with E-state index in [4.69, 9.17) is 11.6 Å². The van der Waals surface area contributed by atoms with Gasteiger partial charge in [0, 0.05) is 0 Å². The molecule has 0 atom stereocenters. The summed E-state index contributed by atoms with van der Waals surface area (Å²) in [7, 11) is 0. The quantitative estimate of drug-likeness (QED) is 0.513. The molecular weight excluding hydrogens is 194 g/mol. The average molecular weight is 196 g/mol. The molecule has 0 bridgehead atoms. The molecule has 0 unspecified atom stereocenters. The Morgan fingerprint density at radius 3 is 3.31 bits per heavy atom. The third kappa shape index (κ3) is 0.760. The van der Waals surface area contributed by atoms with Crippen molar-refractivity contribution < 1.29 is 0 Å². The van der Waals surface area contributed by atoms with E-state index in [0.717, 1.165) is 0 Å². The normalized spacial score (nSPS) is 11.5. The highest BCUT2D eigenvalue weighted by Crippen LogP contribution is 2.14. The lowest BCUT2D eigenvalue weighted by atomic mass is 10.5. The zero-order valence-electron chi connectivity index (χ0n) is 6.14. The number of hydrogen-bond donors (Lipinski definition) is 1. The standard InChI is InChI=1S/C5H2ClN7/c6-5-9-3-2(7-1-8-3)4-10-11-12-13(4)5/h1H,(H,7,8). The fourth-order valence-electron chi connectivity index (χ4n) is 1.14. The maximum absolute atomic E-state index is 5.79. The molecule has 8 heteroatoms. The highest BCUT2D eigenvalue weighted by atomic mass is 35.5. The number of nitrogens with one attached hydrogen (secondary N) is 1. The lowest BCUT2D eigenvalue weighted by Gasteiger charge is -1.92. The number of rotatable bonds is 0. The summed E-state index contributed by atoms with van der Waals surface area (Å²) in [5.41, 5.74) is 1.70. The van der Waals surface area contributed by atoms with Crippen LogP contribution in [0.3, 0.4) is 0 Å². The summed E-state index contributed by atoms with van der Waals surface area (Å²) in [6.45, 7) is 0. The molecule has 0 aliphatic rings. The molecule has 13 heavy (non-hydrogen) atoms. The maximum atomic E-state index is 5.79. The summed E-state index contributed by atoms with van der Waals surface area (Å²) in [6.07, 6.45) is 1.52. The van der Waals surface area contributed by atoms with Crippen molar-refractivity contribution in [3.05, 3.63) is 11.6 Å². The van der Waals surface area contributed by atoms with Crippen molar-refractivity contribution in [3.63, 3.8) is 0 Å². The largest absolute Gasteiger partial charge is 0.340 e. The predicted molar refractivity (Wildman–Crippen MR) is 43.2 cm³/mol. The smallest absolute Gasteiger partial charge is 0.229 e. The van der Waals surface area contributed by atoms with Crippen molar-refractivity contribution in [3.8, 4) is 0 Å². The van der Waals surface area contributed by atoms with Crippen LogP contribution in [0.2, 0.25) is 5.28 Å². The Balaban J connectivity index is 2.70. The van der Waals surface area contributed by atoms with Crippen LogP contribution in [0.1, 0.15) is 0 Å². The molecule has 3 aromatic rings. The Hall–Kier alpha value is -1.76. The number of aromatic nitrogens is 7. The third-order valence-corrected chi connectivity index (χ3v) is 1.93. The number of fused-ring (bicyclic) bond motifs is 3. The minimum Gasteiger partial charge on any atom is -0.340 e. The van der Waals surface area contributed by atoms with Gasteiger partial charge in [0.25, 0.3) is 0 Å². The minimum absolute atomic E-state index is 0.194. The van der Waals surface area contributed by atoms with E-state index >= 15 is 0 Å². The topological polar surface area (TPSA) is 84.6 Å². The number of hydrogen-bond acceptors (Lipinski definition) is 5. The van der Waals surface area contributed by atoms with Crippen LogP contribution >= 0.6 is 11.6 Å². The van der Waals surface area contributed by atoms with Gasteiger partial charge < -0.3 is 4.98 Å². The SMILES string of the molecule is Clc1nc2nc[nH]c2c2nnnn12. The molecule has 1 N–H and O–H groups in total. The number of imidazole rings is 1. The summed E-state index contributed by atoms with van der Waals surface area (Å²) in [5, 5.41) is 11.1. The van der Waals surface area contributed by atoms with Crippen LogP contribution < -0.4 is 0 Å². The first-order valence-corrected chi connectivity index (χ1v) is 3.81. The van der Waals surface area contributed by atoms with Gasteiger partial charge in [-0.25, -0.2) is 4.98 Å². The molecule has 0 amide bonds. The first-order valence-electron chi connectivity index (χ1n) is 3.43. The predicted octanol–water partition coefficient (Wildman–Crippen LogP) is 0.0490. The van der Waals surface area contributed by atoms with Crippen LogP contribution in [0.4, 0.5) is 0 Å². The molecule has 0 spiro atoms. The van der Waals surface area contributed by atoms with Gasteiger partial charge >= 0.3 is 0 Å². The van der Waals surface area contributed by atoms with E-state index in [0.29, 0.717) is 16.8 Å². The zero-order chi connectivity index (χ0) is 8.84. The second-order valence-corrected chi connectivity index (χ2v) is 2.73. The fourth-order valence-corrected chi connectivity index (χ4v) is 1.33. The van der Waals surface area contributed by atoms with E-state index in [9.17, 15) is 0 Å². The fraction of sp³-hybridized carbons (Fsp3) is 0. The van der Waals surface area contributed by atoms with Crippen molar-refractivity contribution in [2.75, 3.05) is 0 Å². The van der Waals surface area contributed by atoms with Crippen LogP contribution in [0.15, 0.2) is 6.33 Å². The zero-order valence-corrected chi connectivity index (χ0v) is 6.89. The van der Waals surface area contributed by atoms with Crippen LogP contribution in [0.5, 0.6) is 0 Å². The molecule has 3 rings (SSSR count). The lowest BCUT2D eigenvalue weighted by molar-refractivity contribution is 0.813. The van der Waals surface area contributed by atoms with E-state index in [2.05, 4.69) is 30.5 Å². The van der Waals surface area contributed by atoms with Gasteiger partial charge in [-0.1, -0.05) is 0 Å². The Bertz CT molecular complexity index is 581. The van der Waals surface area contributed by atoms with Crippen molar-refractivity contribution in [1.29, 1.82) is 0 Å². The molecule has 3 aromatic heterocycles. The van der Waals surface area contributed by atoms with Gasteiger partial charge in [-0.15, -0.1) is 5.10 Å². The lowest BCUT2D eigenvalue weighted by Crippen LogP contribution is -1.94. The van der Waals surface area contributed by atoms with Gasteiger partial charge in [0.2, 0.25) is 10.9 Å². The highest BCUT2D eigenvalue weighted by Gasteiger charge is 2.10. The van der Waals surface area contributed by atoms with E-state index in [-0.39, 0.29) is 5.28 Å². The molecule has 7 nitrogen and oxygen atoms in total. The first kappa shape index (κ1) is 6.72. The number of halogens is 1. The van der Waals surface area contributed by atoms with Crippen molar-refractivity contribution >= 4 is 28.4 Å². The summed E-state index contributed by atoms with van der Waals surface area (Å²) in [5.74, 6) is 0. The van der Waals surface area contributed by atoms with Gasteiger partial charge in [-0.05, 0) is 22.0 Å². The molecule has 0 aliphatic heterocycles. The molecule has 64 valence electrons. The van der Waals surface area contributed by atoms with E-state index in [1.807, 2.05) is 0 Å². The van der Waals surface area contributed by atoms with Crippen molar-refractivity contribution in [1.82, 2.24) is 35.0 Å². The number of tetrazole rings is 1. The summed E-state index contributed by atoms with van der Waals surface area (Å²) >= 11 is 5.79. The molecule has 0 aromatic carbocycles. The van der Waals surface area contributed by atoms with Crippen LogP contribution in [-0.4, -0.2) is 35.0 Å². The Morgan fingerprint density at radius 1 is 1.46 bits per heavy atom. The first-order chi connectivity index (χ1) is 6.36. The monoisotopic (exact) mass is 195 g/mol. The van der Waals surface area contributed by atoms with Gasteiger partial charge in [-0.3, -0.25) is 0 Å². The summed E-state index contributed by atoms with van der Waals surface area (Å²) in [4.78, 5) is 10.8. The number of aromatic amines is 1. The molecular formula is C5H2ClN7. The van der Waals surface area contributed by atoms with Crippen LogP contribution in [-0.2, 0) is 0 Å². The van der Waals surface area contributed by atoms with Crippen LogP contribution in [0, 0.1) is 0 Å². The summed E-state index contributed by atoms with van der Waals surface area (Å²) < 4.78 is 1.34. The minimum atomic E-state index is 0.194. The third-order valence-electron chi connectivity index (χ3n) is 1.69. The second kappa shape index (κ2) is 2.13. The average Bonchev–Trinajstić information content (AvgIpc) is 2.66. The molecule has 0 saturated heterocycles. The maximum Gasteiger partial charge on any atom is 0.229 e. The molecule has 0 fully saturated rings. The van der Waals surface area contributed by atoms with E-state index in [1.165, 1.54) is 10.8 Å². The van der Waals surface area contributed by atoms with Gasteiger partial charge in [0.05, 0.1) is 6.33 Å². The Labute approximate surface area is 75.7 Å². The molecule has 3 heterocycles. The van der Waals surface area contributed by atoms with Gasteiger partial charge in [0.1, 0.15) is 5.52 Å². The summed E-state index contributed by atoms with van der Waals surface area (Å²) in [6, 6.07) is 0. The highest BCUT2D eigenvalue weighted by molar-refractivity contribution is 6.29. The van der Waals surface area contributed by atoms with Crippen molar-refractivity contribution in [2.45, 2.75) is 0 Å². The Morgan fingerprint density at radius 2 is 2.38 bits per heavy atom. The number of H-pyrrole nitrogens is 1. The molecule has 0 saturated carbocycles. The molecule has 0 radical (unpaired) electrons. The molecule has 0 aliphatic carbocycles. The van der Waals surface area contributed by atoms with E-state index in [1.54, 1.807) is 0 Å². The van der Waals surface area contributed by atoms with Crippen LogP contribution in [0.25, 0.3) is 16.8 Å².